The Hall–Kier alpha value is -3.46. The van der Waals surface area contributed by atoms with E-state index in [0.29, 0.717) is 54.3 Å². The number of pyridine rings is 2. The van der Waals surface area contributed by atoms with Crippen LogP contribution in [0.1, 0.15) is 24.0 Å². The number of fused-ring (bicyclic) bond motifs is 1. The molecule has 0 radical (unpaired) electrons. The molecule has 0 bridgehead atoms. The molecule has 30 heavy (non-hydrogen) atoms. The molecule has 1 aliphatic heterocycles. The Kier molecular flexibility index (Phi) is 5.89. The van der Waals surface area contributed by atoms with Crippen LogP contribution in [0, 0.1) is 0 Å². The number of hydrogen-bond acceptors (Lipinski definition) is 9. The van der Waals surface area contributed by atoms with Crippen LogP contribution in [0.3, 0.4) is 0 Å². The average Bonchev–Trinajstić information content (AvgIpc) is 2.81. The van der Waals surface area contributed by atoms with Gasteiger partial charge in [-0.25, -0.2) is 19.9 Å². The molecule has 4 rings (SSSR count). The molecular formula is C21H23N5O4. The number of anilines is 1. The van der Waals surface area contributed by atoms with E-state index in [1.54, 1.807) is 18.5 Å². The van der Waals surface area contributed by atoms with Gasteiger partial charge in [0.15, 0.2) is 5.75 Å². The van der Waals surface area contributed by atoms with E-state index in [0.717, 1.165) is 11.1 Å². The molecule has 4 heterocycles. The van der Waals surface area contributed by atoms with Gasteiger partial charge >= 0.3 is 0 Å². The summed E-state index contributed by atoms with van der Waals surface area (Å²) in [5.41, 5.74) is 3.10. The van der Waals surface area contributed by atoms with E-state index < -0.39 is 0 Å². The van der Waals surface area contributed by atoms with Gasteiger partial charge in [0.05, 0.1) is 19.4 Å². The minimum Gasteiger partial charge on any atom is -0.484 e. The Balaban J connectivity index is 1.49. The second-order valence-electron chi connectivity index (χ2n) is 6.85. The zero-order valence-corrected chi connectivity index (χ0v) is 16.8. The fourth-order valence-electron chi connectivity index (χ4n) is 3.28. The highest BCUT2D eigenvalue weighted by molar-refractivity contribution is 5.62. The number of hydrogen-bond donors (Lipinski definition) is 2. The van der Waals surface area contributed by atoms with Gasteiger partial charge < -0.3 is 24.6 Å². The third-order valence-electron chi connectivity index (χ3n) is 4.84. The quantitative estimate of drug-likeness (QED) is 0.607. The summed E-state index contributed by atoms with van der Waals surface area (Å²) in [5, 5.41) is 12.9. The maximum absolute atomic E-state index is 9.52. The standard InChI is InChI=1S/C21H23N5O4/c1-13(16-3-4-22-21-19(16)29-5-6-30-21)9-23-18-8-17(25-12-26-18)14-7-15(11-27)20(28-2)24-10-14/h3-4,7-8,10,12-13,27H,5-6,9,11H2,1-2H3,(H,23,25,26). The minimum atomic E-state index is -0.167. The molecule has 0 aromatic carbocycles. The molecule has 0 aliphatic carbocycles. The lowest BCUT2D eigenvalue weighted by Gasteiger charge is -2.22. The summed E-state index contributed by atoms with van der Waals surface area (Å²) < 4.78 is 16.5. The fourth-order valence-corrected chi connectivity index (χ4v) is 3.28. The van der Waals surface area contributed by atoms with Crippen LogP contribution in [0.4, 0.5) is 5.82 Å². The second-order valence-corrected chi connectivity index (χ2v) is 6.85. The van der Waals surface area contributed by atoms with Crippen molar-refractivity contribution in [3.63, 3.8) is 0 Å². The van der Waals surface area contributed by atoms with Gasteiger partial charge in [-0.15, -0.1) is 0 Å². The highest BCUT2D eigenvalue weighted by Gasteiger charge is 2.20. The van der Waals surface area contributed by atoms with E-state index >= 15 is 0 Å². The van der Waals surface area contributed by atoms with Crippen LogP contribution < -0.4 is 19.5 Å². The summed E-state index contributed by atoms with van der Waals surface area (Å²) >= 11 is 0. The molecule has 3 aromatic heterocycles. The summed E-state index contributed by atoms with van der Waals surface area (Å²) in [6.07, 6.45) is 4.89. The number of nitrogens with one attached hydrogen (secondary N) is 1. The normalized spacial score (nSPS) is 13.6. The van der Waals surface area contributed by atoms with E-state index in [1.807, 2.05) is 12.1 Å². The summed E-state index contributed by atoms with van der Waals surface area (Å²) in [6, 6.07) is 5.60. The molecule has 0 spiro atoms. The number of ether oxygens (including phenoxy) is 3. The Bertz CT molecular complexity index is 1030. The van der Waals surface area contributed by atoms with E-state index in [2.05, 4.69) is 32.2 Å². The smallest absolute Gasteiger partial charge is 0.257 e. The van der Waals surface area contributed by atoms with E-state index in [-0.39, 0.29) is 12.5 Å². The van der Waals surface area contributed by atoms with Crippen LogP contribution in [0.5, 0.6) is 17.5 Å². The van der Waals surface area contributed by atoms with Gasteiger partial charge in [0.1, 0.15) is 25.4 Å². The average molecular weight is 409 g/mol. The van der Waals surface area contributed by atoms with Crippen LogP contribution in [-0.2, 0) is 6.61 Å². The largest absolute Gasteiger partial charge is 0.484 e. The van der Waals surface area contributed by atoms with Crippen molar-refractivity contribution < 1.29 is 19.3 Å². The Morgan fingerprint density at radius 1 is 1.17 bits per heavy atom. The number of nitrogens with zero attached hydrogens (tertiary/aromatic N) is 4. The fraction of sp³-hybridized carbons (Fsp3) is 0.333. The van der Waals surface area contributed by atoms with Crippen LogP contribution in [0.15, 0.2) is 36.9 Å². The monoisotopic (exact) mass is 409 g/mol. The maximum Gasteiger partial charge on any atom is 0.257 e. The molecule has 0 fully saturated rings. The molecule has 2 N–H and O–H groups in total. The Morgan fingerprint density at radius 2 is 2.03 bits per heavy atom. The zero-order valence-electron chi connectivity index (χ0n) is 16.8. The van der Waals surface area contributed by atoms with Gasteiger partial charge in [-0.1, -0.05) is 6.92 Å². The predicted molar refractivity (Wildman–Crippen MR) is 110 cm³/mol. The highest BCUT2D eigenvalue weighted by Crippen LogP contribution is 2.35. The van der Waals surface area contributed by atoms with Crippen LogP contribution in [0.25, 0.3) is 11.3 Å². The molecule has 0 amide bonds. The molecule has 1 aliphatic rings. The molecule has 9 heteroatoms. The molecule has 9 nitrogen and oxygen atoms in total. The van der Waals surface area contributed by atoms with Crippen molar-refractivity contribution in [3.05, 3.63) is 48.0 Å². The van der Waals surface area contributed by atoms with Gasteiger partial charge in [0.25, 0.3) is 5.88 Å². The third-order valence-corrected chi connectivity index (χ3v) is 4.84. The minimum absolute atomic E-state index is 0.144. The molecule has 0 saturated carbocycles. The van der Waals surface area contributed by atoms with Crippen molar-refractivity contribution in [1.82, 2.24) is 19.9 Å². The summed E-state index contributed by atoms with van der Waals surface area (Å²) in [4.78, 5) is 17.1. The van der Waals surface area contributed by atoms with Crippen molar-refractivity contribution in [3.8, 4) is 28.8 Å². The topological polar surface area (TPSA) is 112 Å². The molecule has 3 aromatic rings. The lowest BCUT2D eigenvalue weighted by Crippen LogP contribution is -2.19. The van der Waals surface area contributed by atoms with Gasteiger partial charge in [-0.05, 0) is 12.1 Å². The second kappa shape index (κ2) is 8.91. The lowest BCUT2D eigenvalue weighted by atomic mass is 10.0. The van der Waals surface area contributed by atoms with Crippen LogP contribution in [-0.4, -0.2) is 51.9 Å². The molecular weight excluding hydrogens is 386 g/mol. The van der Waals surface area contributed by atoms with Gasteiger partial charge in [0, 0.05) is 47.6 Å². The first-order valence-corrected chi connectivity index (χ1v) is 9.64. The first-order chi connectivity index (χ1) is 14.7. The Morgan fingerprint density at radius 3 is 2.87 bits per heavy atom. The summed E-state index contributed by atoms with van der Waals surface area (Å²) in [7, 11) is 1.52. The first kappa shape index (κ1) is 19.8. The van der Waals surface area contributed by atoms with Gasteiger partial charge in [0.2, 0.25) is 5.88 Å². The van der Waals surface area contributed by atoms with Crippen molar-refractivity contribution in [2.45, 2.75) is 19.4 Å². The lowest BCUT2D eigenvalue weighted by molar-refractivity contribution is 0.162. The summed E-state index contributed by atoms with van der Waals surface area (Å²) in [6.45, 7) is 3.60. The summed E-state index contributed by atoms with van der Waals surface area (Å²) in [5.74, 6) is 2.48. The van der Waals surface area contributed by atoms with Crippen molar-refractivity contribution >= 4 is 5.82 Å². The highest BCUT2D eigenvalue weighted by atomic mass is 16.6. The van der Waals surface area contributed by atoms with E-state index in [4.69, 9.17) is 14.2 Å². The molecule has 1 unspecified atom stereocenters. The van der Waals surface area contributed by atoms with E-state index in [1.165, 1.54) is 13.4 Å². The van der Waals surface area contributed by atoms with E-state index in [9.17, 15) is 5.11 Å². The SMILES string of the molecule is COc1ncc(-c2cc(NCC(C)c3ccnc4c3OCCO4)ncn2)cc1CO. The van der Waals surface area contributed by atoms with Gasteiger partial charge in [-0.2, -0.15) is 0 Å². The molecule has 1 atom stereocenters. The Labute approximate surface area is 174 Å². The number of methoxy groups -OCH3 is 1. The van der Waals surface area contributed by atoms with Crippen molar-refractivity contribution in [2.75, 3.05) is 32.2 Å². The van der Waals surface area contributed by atoms with Crippen molar-refractivity contribution in [1.29, 1.82) is 0 Å². The third kappa shape index (κ3) is 4.11. The first-order valence-electron chi connectivity index (χ1n) is 9.64. The van der Waals surface area contributed by atoms with Crippen LogP contribution >= 0.6 is 0 Å². The predicted octanol–water partition coefficient (Wildman–Crippen LogP) is 2.42. The van der Waals surface area contributed by atoms with Crippen LogP contribution in [0.2, 0.25) is 0 Å². The number of aliphatic hydroxyl groups is 1. The maximum atomic E-state index is 9.52. The molecule has 0 saturated heterocycles. The molecule has 156 valence electrons. The van der Waals surface area contributed by atoms with Gasteiger partial charge in [-0.3, -0.25) is 0 Å². The zero-order chi connectivity index (χ0) is 20.9. The number of aliphatic hydroxyl groups excluding tert-OH is 1. The van der Waals surface area contributed by atoms with Crippen molar-refractivity contribution in [2.24, 2.45) is 0 Å². The number of aromatic nitrogens is 4. The number of rotatable bonds is 7.